The van der Waals surface area contributed by atoms with Gasteiger partial charge in [0.1, 0.15) is 0 Å². The molecule has 2 N–H and O–H groups in total. The SMILES string of the molecule is c1cc2c(cc1CCC1CNCCO1)CCN2. The van der Waals surface area contributed by atoms with Gasteiger partial charge in [-0.3, -0.25) is 0 Å². The minimum Gasteiger partial charge on any atom is -0.384 e. The van der Waals surface area contributed by atoms with Gasteiger partial charge in [-0.25, -0.2) is 0 Å². The summed E-state index contributed by atoms with van der Waals surface area (Å²) in [6, 6.07) is 6.82. The van der Waals surface area contributed by atoms with E-state index in [2.05, 4.69) is 28.8 Å². The Balaban J connectivity index is 1.57. The predicted molar refractivity (Wildman–Crippen MR) is 69.6 cm³/mol. The van der Waals surface area contributed by atoms with Crippen LogP contribution in [0.25, 0.3) is 0 Å². The van der Waals surface area contributed by atoms with Crippen molar-refractivity contribution >= 4 is 5.69 Å². The van der Waals surface area contributed by atoms with Crippen LogP contribution in [-0.4, -0.2) is 32.3 Å². The van der Waals surface area contributed by atoms with Gasteiger partial charge < -0.3 is 15.4 Å². The van der Waals surface area contributed by atoms with E-state index in [-0.39, 0.29) is 0 Å². The van der Waals surface area contributed by atoms with Gasteiger partial charge in [0.05, 0.1) is 12.7 Å². The number of ether oxygens (including phenoxy) is 1. The van der Waals surface area contributed by atoms with Crippen molar-refractivity contribution < 1.29 is 4.74 Å². The van der Waals surface area contributed by atoms with E-state index in [1.54, 1.807) is 0 Å². The number of morpholine rings is 1. The van der Waals surface area contributed by atoms with E-state index in [4.69, 9.17) is 4.74 Å². The molecule has 2 aliphatic rings. The summed E-state index contributed by atoms with van der Waals surface area (Å²) in [6.07, 6.45) is 3.82. The number of anilines is 1. The van der Waals surface area contributed by atoms with Crippen molar-refractivity contribution in [3.05, 3.63) is 29.3 Å². The standard InChI is InChI=1S/C14H20N2O/c1(3-13-10-15-7-8-17-13)11-2-4-14-12(9-11)5-6-16-14/h2,4,9,13,15-16H,1,3,5-8,10H2. The quantitative estimate of drug-likeness (QED) is 0.830. The summed E-state index contributed by atoms with van der Waals surface area (Å²) in [6.45, 7) is 3.96. The summed E-state index contributed by atoms with van der Waals surface area (Å²) in [5, 5.41) is 6.78. The van der Waals surface area contributed by atoms with Gasteiger partial charge in [-0.1, -0.05) is 12.1 Å². The van der Waals surface area contributed by atoms with E-state index in [0.29, 0.717) is 6.10 Å². The van der Waals surface area contributed by atoms with Gasteiger partial charge >= 0.3 is 0 Å². The zero-order chi connectivity index (χ0) is 11.5. The van der Waals surface area contributed by atoms with Crippen molar-refractivity contribution in [2.45, 2.75) is 25.4 Å². The third kappa shape index (κ3) is 2.61. The molecule has 0 radical (unpaired) electrons. The lowest BCUT2D eigenvalue weighted by molar-refractivity contribution is 0.0238. The Morgan fingerprint density at radius 3 is 3.18 bits per heavy atom. The highest BCUT2D eigenvalue weighted by Gasteiger charge is 2.14. The lowest BCUT2D eigenvalue weighted by Gasteiger charge is -2.23. The normalized spacial score (nSPS) is 23.2. The van der Waals surface area contributed by atoms with Gasteiger partial charge in [0, 0.05) is 25.3 Å². The van der Waals surface area contributed by atoms with Crippen LogP contribution in [0.15, 0.2) is 18.2 Å². The molecule has 17 heavy (non-hydrogen) atoms. The van der Waals surface area contributed by atoms with Gasteiger partial charge in [0.15, 0.2) is 0 Å². The molecule has 1 aromatic carbocycles. The monoisotopic (exact) mass is 232 g/mol. The Morgan fingerprint density at radius 1 is 1.29 bits per heavy atom. The number of rotatable bonds is 3. The molecule has 2 aliphatic heterocycles. The second-order valence-electron chi connectivity index (χ2n) is 4.90. The fourth-order valence-electron chi connectivity index (χ4n) is 2.65. The Bertz CT molecular complexity index is 386. The first-order valence-corrected chi connectivity index (χ1v) is 6.60. The van der Waals surface area contributed by atoms with Gasteiger partial charge in [0.2, 0.25) is 0 Å². The van der Waals surface area contributed by atoms with Gasteiger partial charge in [-0.2, -0.15) is 0 Å². The molecule has 1 saturated heterocycles. The van der Waals surface area contributed by atoms with Crippen LogP contribution in [0.1, 0.15) is 17.5 Å². The smallest absolute Gasteiger partial charge is 0.0703 e. The number of fused-ring (bicyclic) bond motifs is 1. The van der Waals surface area contributed by atoms with E-state index in [0.717, 1.165) is 39.1 Å². The molecule has 3 heteroatoms. The van der Waals surface area contributed by atoms with Crippen LogP contribution in [-0.2, 0) is 17.6 Å². The summed E-state index contributed by atoms with van der Waals surface area (Å²) in [7, 11) is 0. The fraction of sp³-hybridized carbons (Fsp3) is 0.571. The zero-order valence-electron chi connectivity index (χ0n) is 10.2. The second kappa shape index (κ2) is 5.07. The highest BCUT2D eigenvalue weighted by atomic mass is 16.5. The highest BCUT2D eigenvalue weighted by molar-refractivity contribution is 5.56. The van der Waals surface area contributed by atoms with E-state index >= 15 is 0 Å². The first-order chi connectivity index (χ1) is 8.42. The Labute approximate surface area is 103 Å². The van der Waals surface area contributed by atoms with Gasteiger partial charge in [0.25, 0.3) is 0 Å². The molecule has 0 spiro atoms. The molecule has 2 heterocycles. The summed E-state index contributed by atoms with van der Waals surface area (Å²) < 4.78 is 5.72. The molecule has 3 nitrogen and oxygen atoms in total. The average Bonchev–Trinajstić information content (AvgIpc) is 2.85. The Hall–Kier alpha value is -1.06. The minimum absolute atomic E-state index is 0.398. The molecule has 1 fully saturated rings. The van der Waals surface area contributed by atoms with Crippen LogP contribution in [0.5, 0.6) is 0 Å². The zero-order valence-corrected chi connectivity index (χ0v) is 10.2. The van der Waals surface area contributed by atoms with Crippen LogP contribution < -0.4 is 10.6 Å². The van der Waals surface area contributed by atoms with Crippen LogP contribution >= 0.6 is 0 Å². The van der Waals surface area contributed by atoms with Crippen molar-refractivity contribution in [3.63, 3.8) is 0 Å². The fourth-order valence-corrected chi connectivity index (χ4v) is 2.65. The maximum absolute atomic E-state index is 5.72. The number of nitrogens with one attached hydrogen (secondary N) is 2. The summed E-state index contributed by atoms with van der Waals surface area (Å²) in [4.78, 5) is 0. The number of aryl methyl sites for hydroxylation is 1. The van der Waals surface area contributed by atoms with Gasteiger partial charge in [-0.15, -0.1) is 0 Å². The van der Waals surface area contributed by atoms with Crippen LogP contribution in [0.2, 0.25) is 0 Å². The molecule has 0 amide bonds. The van der Waals surface area contributed by atoms with Crippen molar-refractivity contribution in [2.24, 2.45) is 0 Å². The third-order valence-electron chi connectivity index (χ3n) is 3.64. The van der Waals surface area contributed by atoms with Crippen LogP contribution in [0.4, 0.5) is 5.69 Å². The molecular formula is C14H20N2O. The van der Waals surface area contributed by atoms with E-state index in [1.807, 2.05) is 0 Å². The maximum Gasteiger partial charge on any atom is 0.0703 e. The molecule has 1 atom stereocenters. The van der Waals surface area contributed by atoms with E-state index in [9.17, 15) is 0 Å². The maximum atomic E-state index is 5.72. The highest BCUT2D eigenvalue weighted by Crippen LogP contribution is 2.23. The van der Waals surface area contributed by atoms with Crippen molar-refractivity contribution in [1.29, 1.82) is 0 Å². The summed E-state index contributed by atoms with van der Waals surface area (Å²) in [5.41, 5.74) is 4.25. The van der Waals surface area contributed by atoms with Crippen LogP contribution in [0.3, 0.4) is 0 Å². The number of benzene rings is 1. The van der Waals surface area contributed by atoms with E-state index < -0.39 is 0 Å². The first kappa shape index (κ1) is 11.1. The van der Waals surface area contributed by atoms with Crippen molar-refractivity contribution in [2.75, 3.05) is 31.6 Å². The lowest BCUT2D eigenvalue weighted by Crippen LogP contribution is -2.38. The Morgan fingerprint density at radius 2 is 2.29 bits per heavy atom. The lowest BCUT2D eigenvalue weighted by atomic mass is 10.0. The van der Waals surface area contributed by atoms with Gasteiger partial charge in [-0.05, 0) is 36.5 Å². The minimum atomic E-state index is 0.398. The summed E-state index contributed by atoms with van der Waals surface area (Å²) >= 11 is 0. The van der Waals surface area contributed by atoms with Crippen molar-refractivity contribution in [3.8, 4) is 0 Å². The number of hydrogen-bond acceptors (Lipinski definition) is 3. The first-order valence-electron chi connectivity index (χ1n) is 6.60. The van der Waals surface area contributed by atoms with Crippen molar-refractivity contribution in [1.82, 2.24) is 5.32 Å². The topological polar surface area (TPSA) is 33.3 Å². The molecule has 0 saturated carbocycles. The van der Waals surface area contributed by atoms with Crippen LogP contribution in [0, 0.1) is 0 Å². The second-order valence-corrected chi connectivity index (χ2v) is 4.90. The number of hydrogen-bond donors (Lipinski definition) is 2. The molecular weight excluding hydrogens is 212 g/mol. The molecule has 3 rings (SSSR count). The molecule has 0 bridgehead atoms. The third-order valence-corrected chi connectivity index (χ3v) is 3.64. The molecule has 92 valence electrons. The van der Waals surface area contributed by atoms with E-state index in [1.165, 1.54) is 23.2 Å². The molecule has 1 aromatic rings. The molecule has 0 aromatic heterocycles. The molecule has 0 aliphatic carbocycles. The Kier molecular flexibility index (Phi) is 3.29. The summed E-state index contributed by atoms with van der Waals surface area (Å²) in [5.74, 6) is 0. The average molecular weight is 232 g/mol. The molecule has 1 unspecified atom stereocenters. The largest absolute Gasteiger partial charge is 0.384 e. The predicted octanol–water partition coefficient (Wildman–Crippen LogP) is 1.58.